The first-order chi connectivity index (χ1) is 12.9. The molecule has 2 atom stereocenters. The highest BCUT2D eigenvalue weighted by atomic mass is 19.1. The lowest BCUT2D eigenvalue weighted by Gasteiger charge is -2.21. The van der Waals surface area contributed by atoms with Crippen LogP contribution in [0.25, 0.3) is 0 Å². The van der Waals surface area contributed by atoms with Gasteiger partial charge in [0.1, 0.15) is 5.82 Å². The molecule has 7 heteroatoms. The molecule has 0 aliphatic carbocycles. The fourth-order valence-electron chi connectivity index (χ4n) is 3.38. The molecule has 6 nitrogen and oxygen atoms in total. The third-order valence-corrected chi connectivity index (χ3v) is 4.96. The number of rotatable bonds is 9. The topological polar surface area (TPSA) is 64.7 Å². The highest BCUT2D eigenvalue weighted by molar-refractivity contribution is 5.96. The number of halogens is 1. The van der Waals surface area contributed by atoms with Gasteiger partial charge in [0.15, 0.2) is 0 Å². The number of anilines is 1. The largest absolute Gasteiger partial charge is 0.336 e. The maximum Gasteiger partial charge on any atom is 0.315 e. The third-order valence-electron chi connectivity index (χ3n) is 4.96. The lowest BCUT2D eigenvalue weighted by atomic mass is 10.2. The number of carbonyl (C=O) groups excluding carboxylic acids is 2. The summed E-state index contributed by atoms with van der Waals surface area (Å²) < 4.78 is 13.4. The van der Waals surface area contributed by atoms with Crippen molar-refractivity contribution >= 4 is 17.6 Å². The van der Waals surface area contributed by atoms with Gasteiger partial charge in [-0.05, 0) is 57.6 Å². The monoisotopic (exact) mass is 378 g/mol. The van der Waals surface area contributed by atoms with E-state index in [0.717, 1.165) is 32.5 Å². The molecule has 0 spiro atoms. The van der Waals surface area contributed by atoms with E-state index >= 15 is 0 Å². The molecule has 0 aromatic heterocycles. The van der Waals surface area contributed by atoms with E-state index in [0.29, 0.717) is 12.2 Å². The summed E-state index contributed by atoms with van der Waals surface area (Å²) in [6.45, 7) is 9.74. The Bertz CT molecular complexity index is 636. The predicted octanol–water partition coefficient (Wildman–Crippen LogP) is 2.74. The van der Waals surface area contributed by atoms with Crippen LogP contribution in [0.15, 0.2) is 24.3 Å². The number of urea groups is 1. The normalized spacial score (nSPS) is 18.0. The standard InChI is InChI=1S/C20H31FN4O2/c1-4-24(5-2)11-7-8-15(3)22-20(27)23-17-13-19(26)25(14-17)18-10-6-9-16(21)12-18/h6,9-10,12,15,17H,4-5,7-8,11,13-14H2,1-3H3,(H2,22,23,27)/t15-,17-/m1/s1. The Morgan fingerprint density at radius 1 is 1.37 bits per heavy atom. The average Bonchev–Trinajstić information content (AvgIpc) is 2.98. The maximum atomic E-state index is 13.4. The minimum absolute atomic E-state index is 0.0667. The van der Waals surface area contributed by atoms with Gasteiger partial charge in [-0.3, -0.25) is 4.79 Å². The van der Waals surface area contributed by atoms with Gasteiger partial charge in [0.05, 0.1) is 6.04 Å². The summed E-state index contributed by atoms with van der Waals surface area (Å²) in [4.78, 5) is 28.3. The third kappa shape index (κ3) is 6.50. The van der Waals surface area contributed by atoms with E-state index in [-0.39, 0.29) is 36.3 Å². The second-order valence-corrected chi connectivity index (χ2v) is 7.07. The number of carbonyl (C=O) groups is 2. The maximum absolute atomic E-state index is 13.4. The molecule has 2 rings (SSSR count). The van der Waals surface area contributed by atoms with Crippen molar-refractivity contribution in [3.8, 4) is 0 Å². The van der Waals surface area contributed by atoms with Crippen LogP contribution in [0.3, 0.4) is 0 Å². The molecule has 0 bridgehead atoms. The Balaban J connectivity index is 1.75. The second kappa shape index (κ2) is 10.3. The van der Waals surface area contributed by atoms with Crippen molar-refractivity contribution in [3.63, 3.8) is 0 Å². The first kappa shape index (κ1) is 21.2. The highest BCUT2D eigenvalue weighted by Crippen LogP contribution is 2.22. The van der Waals surface area contributed by atoms with Gasteiger partial charge >= 0.3 is 6.03 Å². The van der Waals surface area contributed by atoms with Crippen molar-refractivity contribution < 1.29 is 14.0 Å². The molecule has 2 N–H and O–H groups in total. The van der Waals surface area contributed by atoms with E-state index < -0.39 is 0 Å². The first-order valence-corrected chi connectivity index (χ1v) is 9.78. The molecule has 1 saturated heterocycles. The SMILES string of the molecule is CCN(CC)CCC[C@@H](C)NC(=O)N[C@@H]1CC(=O)N(c2cccc(F)c2)C1. The zero-order valence-electron chi connectivity index (χ0n) is 16.5. The summed E-state index contributed by atoms with van der Waals surface area (Å²) in [6, 6.07) is 5.48. The van der Waals surface area contributed by atoms with E-state index in [1.807, 2.05) is 6.92 Å². The van der Waals surface area contributed by atoms with Crippen LogP contribution in [0.5, 0.6) is 0 Å². The van der Waals surface area contributed by atoms with E-state index in [9.17, 15) is 14.0 Å². The summed E-state index contributed by atoms with van der Waals surface area (Å²) in [5, 5.41) is 5.80. The van der Waals surface area contributed by atoms with Crippen molar-refractivity contribution in [2.24, 2.45) is 0 Å². The van der Waals surface area contributed by atoms with Gasteiger partial charge in [-0.15, -0.1) is 0 Å². The Kier molecular flexibility index (Phi) is 8.03. The molecule has 1 aromatic carbocycles. The van der Waals surface area contributed by atoms with Crippen molar-refractivity contribution in [3.05, 3.63) is 30.1 Å². The molecule has 0 saturated carbocycles. The van der Waals surface area contributed by atoms with Crippen molar-refractivity contribution in [1.29, 1.82) is 0 Å². The molecule has 1 aromatic rings. The number of nitrogens with one attached hydrogen (secondary N) is 2. The Morgan fingerprint density at radius 3 is 2.78 bits per heavy atom. The molecule has 1 fully saturated rings. The molecular weight excluding hydrogens is 347 g/mol. The van der Waals surface area contributed by atoms with Crippen LogP contribution in [0, 0.1) is 5.82 Å². The summed E-state index contributed by atoms with van der Waals surface area (Å²) in [7, 11) is 0. The highest BCUT2D eigenvalue weighted by Gasteiger charge is 2.31. The molecule has 1 heterocycles. The quantitative estimate of drug-likeness (QED) is 0.694. The fourth-order valence-corrected chi connectivity index (χ4v) is 3.38. The van der Waals surface area contributed by atoms with E-state index in [2.05, 4.69) is 29.4 Å². The van der Waals surface area contributed by atoms with Crippen LogP contribution >= 0.6 is 0 Å². The van der Waals surface area contributed by atoms with Gasteiger partial charge in [-0.25, -0.2) is 9.18 Å². The second-order valence-electron chi connectivity index (χ2n) is 7.07. The summed E-state index contributed by atoms with van der Waals surface area (Å²) in [6.07, 6.45) is 2.15. The van der Waals surface area contributed by atoms with Gasteiger partial charge in [-0.1, -0.05) is 19.9 Å². The van der Waals surface area contributed by atoms with Crippen LogP contribution < -0.4 is 15.5 Å². The zero-order chi connectivity index (χ0) is 19.8. The van der Waals surface area contributed by atoms with Crippen molar-refractivity contribution in [2.75, 3.05) is 31.1 Å². The van der Waals surface area contributed by atoms with Gasteiger partial charge in [0.25, 0.3) is 0 Å². The fraction of sp³-hybridized carbons (Fsp3) is 0.600. The van der Waals surface area contributed by atoms with Crippen LogP contribution in [0.4, 0.5) is 14.9 Å². The lowest BCUT2D eigenvalue weighted by molar-refractivity contribution is -0.117. The van der Waals surface area contributed by atoms with Crippen LogP contribution in [-0.2, 0) is 4.79 Å². The van der Waals surface area contributed by atoms with E-state index in [4.69, 9.17) is 0 Å². The number of hydrogen-bond donors (Lipinski definition) is 2. The number of hydrogen-bond acceptors (Lipinski definition) is 3. The summed E-state index contributed by atoms with van der Waals surface area (Å²) in [5.74, 6) is -0.494. The van der Waals surface area contributed by atoms with Crippen LogP contribution in [-0.4, -0.2) is 55.1 Å². The minimum atomic E-state index is -0.381. The minimum Gasteiger partial charge on any atom is -0.336 e. The molecule has 0 radical (unpaired) electrons. The van der Waals surface area contributed by atoms with Gasteiger partial charge < -0.3 is 20.4 Å². The molecule has 150 valence electrons. The molecular formula is C20H31FN4O2. The predicted molar refractivity (Wildman–Crippen MR) is 105 cm³/mol. The molecule has 0 unspecified atom stereocenters. The molecule has 1 aliphatic rings. The number of benzene rings is 1. The lowest BCUT2D eigenvalue weighted by Crippen LogP contribution is -2.46. The van der Waals surface area contributed by atoms with E-state index in [1.54, 1.807) is 12.1 Å². The summed E-state index contributed by atoms with van der Waals surface area (Å²) >= 11 is 0. The van der Waals surface area contributed by atoms with Crippen LogP contribution in [0.1, 0.15) is 40.0 Å². The smallest absolute Gasteiger partial charge is 0.315 e. The van der Waals surface area contributed by atoms with Gasteiger partial charge in [-0.2, -0.15) is 0 Å². The van der Waals surface area contributed by atoms with Crippen molar-refractivity contribution in [1.82, 2.24) is 15.5 Å². The van der Waals surface area contributed by atoms with Crippen LogP contribution in [0.2, 0.25) is 0 Å². The first-order valence-electron chi connectivity index (χ1n) is 9.78. The Hall–Kier alpha value is -2.15. The van der Waals surface area contributed by atoms with Gasteiger partial charge in [0, 0.05) is 24.7 Å². The van der Waals surface area contributed by atoms with Gasteiger partial charge in [0.2, 0.25) is 5.91 Å². The average molecular weight is 378 g/mol. The number of amides is 3. The number of nitrogens with zero attached hydrogens (tertiary/aromatic N) is 2. The van der Waals surface area contributed by atoms with E-state index in [1.165, 1.54) is 17.0 Å². The zero-order valence-corrected chi connectivity index (χ0v) is 16.5. The Labute approximate surface area is 161 Å². The Morgan fingerprint density at radius 2 is 2.11 bits per heavy atom. The molecule has 1 aliphatic heterocycles. The summed E-state index contributed by atoms with van der Waals surface area (Å²) in [5.41, 5.74) is 0.523. The van der Waals surface area contributed by atoms with Crippen molar-refractivity contribution in [2.45, 2.75) is 52.1 Å². The molecule has 27 heavy (non-hydrogen) atoms. The molecule has 3 amide bonds.